The first-order valence-corrected chi connectivity index (χ1v) is 2.69. The molecule has 0 aliphatic rings. The van der Waals surface area contributed by atoms with Gasteiger partial charge < -0.3 is 5.11 Å². The molecule has 1 aromatic heterocycles. The van der Waals surface area contributed by atoms with Crippen LogP contribution < -0.4 is 0 Å². The van der Waals surface area contributed by atoms with Crippen LogP contribution in [0.3, 0.4) is 0 Å². The van der Waals surface area contributed by atoms with Crippen molar-refractivity contribution in [2.24, 2.45) is 0 Å². The second kappa shape index (κ2) is 2.75. The Kier molecular flexibility index (Phi) is 1.79. The van der Waals surface area contributed by atoms with E-state index in [1.54, 1.807) is 6.07 Å². The Labute approximate surface area is 61.9 Å². The fourth-order valence-corrected chi connectivity index (χ4v) is 0.496. The molecule has 0 radical (unpaired) electrons. The summed E-state index contributed by atoms with van der Waals surface area (Å²) in [6.45, 7) is 0. The molecule has 1 aromatic rings. The van der Waals surface area contributed by atoms with Gasteiger partial charge in [0.1, 0.15) is 6.07 Å². The molecule has 0 spiro atoms. The fraction of sp³-hybridized carbons (Fsp3) is 0. The first kappa shape index (κ1) is 7.15. The maximum atomic E-state index is 10.2. The number of nitriles is 1. The minimum atomic E-state index is -1.15. The number of carboxylic acids is 1. The maximum Gasteiger partial charge on any atom is 0.356 e. The van der Waals surface area contributed by atoms with Gasteiger partial charge in [-0.15, -0.1) is 0 Å². The summed E-state index contributed by atoms with van der Waals surface area (Å²) in [7, 11) is 0. The molecule has 54 valence electrons. The second-order valence-electron chi connectivity index (χ2n) is 1.70. The highest BCUT2D eigenvalue weighted by atomic mass is 16.4. The van der Waals surface area contributed by atoms with Gasteiger partial charge in [0.15, 0.2) is 11.4 Å². The normalized spacial score (nSPS) is 8.64. The van der Waals surface area contributed by atoms with Crippen molar-refractivity contribution < 1.29 is 9.90 Å². The number of aromatic carboxylic acids is 1. The number of carbonyl (C=O) groups is 1. The minimum Gasteiger partial charge on any atom is -0.476 e. The Morgan fingerprint density at radius 1 is 1.55 bits per heavy atom. The minimum absolute atomic E-state index is 0.106. The lowest BCUT2D eigenvalue weighted by Gasteiger charge is -1.89. The third-order valence-corrected chi connectivity index (χ3v) is 0.986. The number of nitrogens with zero attached hydrogens (tertiary/aromatic N) is 3. The van der Waals surface area contributed by atoms with Crippen molar-refractivity contribution in [2.45, 2.75) is 0 Å². The SMILES string of the molecule is N#Cc1cnc(C(=O)O)cn1. The molecule has 0 fully saturated rings. The van der Waals surface area contributed by atoms with Gasteiger partial charge in [-0.25, -0.2) is 14.8 Å². The average Bonchev–Trinajstić information content (AvgIpc) is 2.05. The largest absolute Gasteiger partial charge is 0.476 e. The van der Waals surface area contributed by atoms with Gasteiger partial charge in [-0.05, 0) is 0 Å². The summed E-state index contributed by atoms with van der Waals surface area (Å²) in [5.74, 6) is -1.15. The highest BCUT2D eigenvalue weighted by Crippen LogP contribution is 1.92. The molecule has 1 heterocycles. The summed E-state index contributed by atoms with van der Waals surface area (Å²) in [6, 6.07) is 1.73. The molecule has 5 nitrogen and oxygen atoms in total. The Morgan fingerprint density at radius 3 is 2.64 bits per heavy atom. The summed E-state index contributed by atoms with van der Waals surface area (Å²) in [5.41, 5.74) is -0.0565. The first-order valence-electron chi connectivity index (χ1n) is 2.69. The molecule has 0 saturated carbocycles. The van der Waals surface area contributed by atoms with Crippen LogP contribution in [-0.2, 0) is 0 Å². The van der Waals surface area contributed by atoms with Crippen molar-refractivity contribution in [3.05, 3.63) is 23.8 Å². The fourth-order valence-electron chi connectivity index (χ4n) is 0.496. The van der Waals surface area contributed by atoms with Gasteiger partial charge >= 0.3 is 5.97 Å². The van der Waals surface area contributed by atoms with E-state index >= 15 is 0 Å². The van der Waals surface area contributed by atoms with Crippen molar-refractivity contribution in [3.63, 3.8) is 0 Å². The van der Waals surface area contributed by atoms with Gasteiger partial charge in [-0.2, -0.15) is 5.26 Å². The van der Waals surface area contributed by atoms with Crippen LogP contribution >= 0.6 is 0 Å². The lowest BCUT2D eigenvalue weighted by Crippen LogP contribution is -2.01. The third kappa shape index (κ3) is 1.49. The molecule has 5 heteroatoms. The van der Waals surface area contributed by atoms with Crippen LogP contribution in [0.2, 0.25) is 0 Å². The van der Waals surface area contributed by atoms with E-state index < -0.39 is 5.97 Å². The van der Waals surface area contributed by atoms with Crippen molar-refractivity contribution in [1.82, 2.24) is 9.97 Å². The number of carboxylic acid groups (broad SMARTS) is 1. The summed E-state index contributed by atoms with van der Waals surface area (Å²) in [5, 5.41) is 16.6. The van der Waals surface area contributed by atoms with Gasteiger partial charge in [0, 0.05) is 0 Å². The molecule has 11 heavy (non-hydrogen) atoms. The number of rotatable bonds is 1. The predicted molar refractivity (Wildman–Crippen MR) is 33.7 cm³/mol. The van der Waals surface area contributed by atoms with Crippen LogP contribution in [0.15, 0.2) is 12.4 Å². The van der Waals surface area contributed by atoms with E-state index in [1.807, 2.05) is 0 Å². The van der Waals surface area contributed by atoms with Crippen LogP contribution in [0.25, 0.3) is 0 Å². The van der Waals surface area contributed by atoms with Gasteiger partial charge in [-0.3, -0.25) is 0 Å². The summed E-state index contributed by atoms with van der Waals surface area (Å²) >= 11 is 0. The van der Waals surface area contributed by atoms with Crippen LogP contribution in [-0.4, -0.2) is 21.0 Å². The Morgan fingerprint density at radius 2 is 2.27 bits per heavy atom. The number of hydrogen-bond acceptors (Lipinski definition) is 4. The second-order valence-corrected chi connectivity index (χ2v) is 1.70. The van der Waals surface area contributed by atoms with Gasteiger partial charge in [0.25, 0.3) is 0 Å². The zero-order chi connectivity index (χ0) is 8.27. The highest BCUT2D eigenvalue weighted by molar-refractivity contribution is 5.84. The molecule has 0 aliphatic heterocycles. The molecule has 0 bridgehead atoms. The molecular formula is C6H3N3O2. The van der Waals surface area contributed by atoms with Crippen LogP contribution in [0.4, 0.5) is 0 Å². The molecule has 1 rings (SSSR count). The summed E-state index contributed by atoms with van der Waals surface area (Å²) in [6.07, 6.45) is 2.16. The first-order chi connectivity index (χ1) is 5.24. The van der Waals surface area contributed by atoms with Crippen LogP contribution in [0.1, 0.15) is 16.2 Å². The smallest absolute Gasteiger partial charge is 0.356 e. The summed E-state index contributed by atoms with van der Waals surface area (Å²) in [4.78, 5) is 17.2. The van der Waals surface area contributed by atoms with Gasteiger partial charge in [0.2, 0.25) is 0 Å². The van der Waals surface area contributed by atoms with Crippen molar-refractivity contribution in [1.29, 1.82) is 5.26 Å². The number of aromatic nitrogens is 2. The lowest BCUT2D eigenvalue weighted by atomic mass is 10.4. The van der Waals surface area contributed by atoms with Gasteiger partial charge in [-0.1, -0.05) is 0 Å². The number of hydrogen-bond donors (Lipinski definition) is 1. The van der Waals surface area contributed by atoms with E-state index in [2.05, 4.69) is 9.97 Å². The van der Waals surface area contributed by atoms with E-state index in [4.69, 9.17) is 10.4 Å². The molecular weight excluding hydrogens is 146 g/mol. The molecule has 0 atom stereocenters. The summed E-state index contributed by atoms with van der Waals surface area (Å²) < 4.78 is 0. The highest BCUT2D eigenvalue weighted by Gasteiger charge is 2.03. The van der Waals surface area contributed by atoms with Gasteiger partial charge in [0.05, 0.1) is 12.4 Å². The lowest BCUT2D eigenvalue weighted by molar-refractivity contribution is 0.0690. The predicted octanol–water partition coefficient (Wildman–Crippen LogP) is 0.0465. The molecule has 1 N–H and O–H groups in total. The van der Waals surface area contributed by atoms with Crippen molar-refractivity contribution >= 4 is 5.97 Å². The zero-order valence-electron chi connectivity index (χ0n) is 5.35. The van der Waals surface area contributed by atoms with E-state index in [0.717, 1.165) is 12.4 Å². The Bertz CT molecular complexity index is 312. The molecule has 0 aromatic carbocycles. The molecule has 0 unspecified atom stereocenters. The van der Waals surface area contributed by atoms with Crippen LogP contribution in [0, 0.1) is 11.3 Å². The molecule has 0 saturated heterocycles. The van der Waals surface area contributed by atoms with Crippen molar-refractivity contribution in [3.8, 4) is 6.07 Å². The van der Waals surface area contributed by atoms with E-state index in [0.29, 0.717) is 0 Å². The van der Waals surface area contributed by atoms with E-state index in [1.165, 1.54) is 0 Å². The Hall–Kier alpha value is -1.96. The molecule has 0 aliphatic carbocycles. The Balaban J connectivity index is 3.03. The standard InChI is InChI=1S/C6H3N3O2/c7-1-4-2-9-5(3-8-4)6(10)11/h2-3H,(H,10,11). The third-order valence-electron chi connectivity index (χ3n) is 0.986. The molecule has 0 amide bonds. The van der Waals surface area contributed by atoms with Crippen molar-refractivity contribution in [2.75, 3.05) is 0 Å². The maximum absolute atomic E-state index is 10.2. The average molecular weight is 149 g/mol. The monoisotopic (exact) mass is 149 g/mol. The van der Waals surface area contributed by atoms with E-state index in [-0.39, 0.29) is 11.4 Å². The van der Waals surface area contributed by atoms with E-state index in [9.17, 15) is 4.79 Å². The quantitative estimate of drug-likeness (QED) is 0.609. The zero-order valence-corrected chi connectivity index (χ0v) is 5.35. The van der Waals surface area contributed by atoms with Crippen LogP contribution in [0.5, 0.6) is 0 Å². The topological polar surface area (TPSA) is 86.9 Å².